The predicted octanol–water partition coefficient (Wildman–Crippen LogP) is 1.17. The number of nitrogens with zero attached hydrogens (tertiary/aromatic N) is 1. The van der Waals surface area contributed by atoms with Crippen LogP contribution in [0, 0.1) is 0 Å². The molecule has 0 saturated heterocycles. The number of pyridine rings is 1. The van der Waals surface area contributed by atoms with Crippen LogP contribution in [0.5, 0.6) is 0 Å². The second kappa shape index (κ2) is 6.31. The van der Waals surface area contributed by atoms with Crippen molar-refractivity contribution in [1.29, 1.82) is 0 Å². The molecule has 1 aromatic carbocycles. The molecule has 108 valence electrons. The normalized spacial score (nSPS) is 15.1. The summed E-state index contributed by atoms with van der Waals surface area (Å²) in [5, 5.41) is 2.65. The molecule has 0 spiro atoms. The van der Waals surface area contributed by atoms with Crippen molar-refractivity contribution in [1.82, 2.24) is 4.98 Å². The van der Waals surface area contributed by atoms with E-state index in [4.69, 9.17) is 4.55 Å². The van der Waals surface area contributed by atoms with E-state index in [1.165, 1.54) is 24.3 Å². The number of fused-ring (bicyclic) bond motifs is 1. The number of anilines is 1. The van der Waals surface area contributed by atoms with Crippen molar-refractivity contribution < 1.29 is 17.8 Å². The van der Waals surface area contributed by atoms with Gasteiger partial charge in [0.2, 0.25) is 0 Å². The summed E-state index contributed by atoms with van der Waals surface area (Å²) in [6.07, 6.45) is 3.22. The number of nitrogens with one attached hydrogen (secondary N) is 1. The van der Waals surface area contributed by atoms with Crippen molar-refractivity contribution in [2.45, 2.75) is 4.90 Å². The Hall–Kier alpha value is -1.51. The summed E-state index contributed by atoms with van der Waals surface area (Å²) in [7, 11) is -4.22. The average molecular weight is 326 g/mol. The Labute approximate surface area is 149 Å². The molecule has 0 atom stereocenters. The van der Waals surface area contributed by atoms with Gasteiger partial charge in [-0.1, -0.05) is 12.1 Å². The van der Waals surface area contributed by atoms with Crippen LogP contribution in [0.4, 0.5) is 5.82 Å². The Kier molecular flexibility index (Phi) is 4.84. The summed E-state index contributed by atoms with van der Waals surface area (Å²) in [4.78, 5) is 15.8. The summed E-state index contributed by atoms with van der Waals surface area (Å²) in [6, 6.07) is 9.08. The van der Waals surface area contributed by atoms with Crippen LogP contribution in [0.25, 0.3) is 11.6 Å². The molecule has 2 N–H and O–H groups in total. The molecule has 0 fully saturated rings. The Balaban J connectivity index is 0.00000176. The molecule has 6 nitrogen and oxygen atoms in total. The molecule has 0 aliphatic carbocycles. The molecule has 0 radical (unpaired) electrons. The molecule has 2 heterocycles. The summed E-state index contributed by atoms with van der Waals surface area (Å²) in [5.41, 5.74) is 1.79. The SMILES string of the molecule is O=C1Nc2ncccc2C1=Cc1ccc(S(=O)(=O)O)cc1.[NaH]. The molecular weight excluding hydrogens is 315 g/mol. The van der Waals surface area contributed by atoms with Gasteiger partial charge in [-0.05, 0) is 35.9 Å². The number of carbonyl (C=O) groups excluding carboxylic acids is 1. The summed E-state index contributed by atoms with van der Waals surface area (Å²) < 4.78 is 30.9. The third-order valence-electron chi connectivity index (χ3n) is 3.06. The van der Waals surface area contributed by atoms with Crippen molar-refractivity contribution in [3.63, 3.8) is 0 Å². The fraction of sp³-hybridized carbons (Fsp3) is 0. The van der Waals surface area contributed by atoms with Gasteiger partial charge in [0, 0.05) is 11.8 Å². The first-order valence-corrected chi connectivity index (χ1v) is 7.45. The first-order chi connectivity index (χ1) is 9.95. The van der Waals surface area contributed by atoms with Gasteiger partial charge in [-0.2, -0.15) is 8.42 Å². The predicted molar refractivity (Wildman–Crippen MR) is 84.1 cm³/mol. The molecule has 0 saturated carbocycles. The van der Waals surface area contributed by atoms with Crippen LogP contribution in [0.1, 0.15) is 11.1 Å². The van der Waals surface area contributed by atoms with Crippen molar-refractivity contribution in [3.8, 4) is 0 Å². The standard InChI is InChI=1S/C14H10N2O4S.Na.H/c17-14-12(11-2-1-7-15-13(11)16-14)8-9-3-5-10(6-4-9)21(18,19)20;;/h1-8H,(H,15,16,17)(H,18,19,20);;. The van der Waals surface area contributed by atoms with Crippen LogP contribution in [0.2, 0.25) is 0 Å². The molecule has 2 aromatic rings. The minimum atomic E-state index is -4.22. The zero-order chi connectivity index (χ0) is 15.0. The van der Waals surface area contributed by atoms with Gasteiger partial charge in [-0.3, -0.25) is 9.35 Å². The number of rotatable bonds is 2. The number of carbonyl (C=O) groups is 1. The molecule has 0 bridgehead atoms. The van der Waals surface area contributed by atoms with Crippen LogP contribution in [-0.4, -0.2) is 53.4 Å². The van der Waals surface area contributed by atoms with Gasteiger partial charge < -0.3 is 5.32 Å². The van der Waals surface area contributed by atoms with E-state index in [2.05, 4.69) is 10.3 Å². The Morgan fingerprint density at radius 2 is 1.82 bits per heavy atom. The van der Waals surface area contributed by atoms with Gasteiger partial charge in [0.25, 0.3) is 16.0 Å². The second-order valence-electron chi connectivity index (χ2n) is 4.46. The first-order valence-electron chi connectivity index (χ1n) is 6.01. The fourth-order valence-corrected chi connectivity index (χ4v) is 2.55. The van der Waals surface area contributed by atoms with E-state index in [1.54, 1.807) is 24.4 Å². The van der Waals surface area contributed by atoms with E-state index in [9.17, 15) is 13.2 Å². The Morgan fingerprint density at radius 3 is 2.45 bits per heavy atom. The van der Waals surface area contributed by atoms with Crippen LogP contribution in [0.3, 0.4) is 0 Å². The second-order valence-corrected chi connectivity index (χ2v) is 5.88. The van der Waals surface area contributed by atoms with E-state index in [0.717, 1.165) is 0 Å². The van der Waals surface area contributed by atoms with Crippen LogP contribution < -0.4 is 5.32 Å². The molecule has 3 rings (SSSR count). The summed E-state index contributed by atoms with van der Waals surface area (Å²) in [6.45, 7) is 0. The monoisotopic (exact) mass is 326 g/mol. The van der Waals surface area contributed by atoms with E-state index >= 15 is 0 Å². The molecule has 22 heavy (non-hydrogen) atoms. The van der Waals surface area contributed by atoms with E-state index in [0.29, 0.717) is 22.5 Å². The zero-order valence-corrected chi connectivity index (χ0v) is 11.5. The fourth-order valence-electron chi connectivity index (χ4n) is 2.07. The van der Waals surface area contributed by atoms with Gasteiger partial charge in [-0.25, -0.2) is 4.98 Å². The zero-order valence-electron chi connectivity index (χ0n) is 10.6. The van der Waals surface area contributed by atoms with Gasteiger partial charge in [0.05, 0.1) is 10.5 Å². The maximum atomic E-state index is 11.9. The van der Waals surface area contributed by atoms with Crippen LogP contribution >= 0.6 is 0 Å². The molecular formula is C14H11N2NaO4S. The van der Waals surface area contributed by atoms with Crippen molar-refractivity contribution in [2.24, 2.45) is 0 Å². The topological polar surface area (TPSA) is 96.4 Å². The third kappa shape index (κ3) is 3.29. The molecule has 0 unspecified atom stereocenters. The Morgan fingerprint density at radius 1 is 1.14 bits per heavy atom. The van der Waals surface area contributed by atoms with Gasteiger partial charge in [0.15, 0.2) is 0 Å². The minimum absolute atomic E-state index is 0. The quantitative estimate of drug-likeness (QED) is 0.491. The number of amides is 1. The van der Waals surface area contributed by atoms with E-state index < -0.39 is 10.1 Å². The van der Waals surface area contributed by atoms with Crippen LogP contribution in [0.15, 0.2) is 47.5 Å². The van der Waals surface area contributed by atoms with Crippen LogP contribution in [-0.2, 0) is 14.9 Å². The maximum absolute atomic E-state index is 11.9. The van der Waals surface area contributed by atoms with Crippen molar-refractivity contribution in [2.75, 3.05) is 5.32 Å². The number of hydrogen-bond donors (Lipinski definition) is 2. The number of hydrogen-bond acceptors (Lipinski definition) is 4. The Bertz CT molecular complexity index is 861. The third-order valence-corrected chi connectivity index (χ3v) is 3.93. The summed E-state index contributed by atoms with van der Waals surface area (Å²) in [5.74, 6) is 0.242. The molecule has 1 aliphatic heterocycles. The number of aromatic nitrogens is 1. The molecule has 1 aliphatic rings. The van der Waals surface area contributed by atoms with Crippen molar-refractivity contribution >= 4 is 63.0 Å². The molecule has 8 heteroatoms. The number of benzene rings is 1. The molecule has 1 amide bonds. The average Bonchev–Trinajstić information content (AvgIpc) is 2.75. The molecule has 1 aromatic heterocycles. The van der Waals surface area contributed by atoms with E-state index in [1.807, 2.05) is 0 Å². The van der Waals surface area contributed by atoms with Gasteiger partial charge in [0.1, 0.15) is 5.82 Å². The van der Waals surface area contributed by atoms with Gasteiger partial charge in [-0.15, -0.1) is 0 Å². The van der Waals surface area contributed by atoms with Gasteiger partial charge >= 0.3 is 29.6 Å². The van der Waals surface area contributed by atoms with Crippen molar-refractivity contribution in [3.05, 3.63) is 53.7 Å². The first kappa shape index (κ1) is 16.9. The van der Waals surface area contributed by atoms with E-state index in [-0.39, 0.29) is 40.4 Å². The summed E-state index contributed by atoms with van der Waals surface area (Å²) >= 11 is 0.